The van der Waals surface area contributed by atoms with Crippen LogP contribution in [-0.4, -0.2) is 30.5 Å². The number of hydrogen-bond acceptors (Lipinski definition) is 6. The number of aromatic hydroxyl groups is 1. The number of unbranched alkanes of at least 4 members (excludes halogenated alkanes) is 3. The SMILES string of the molecule is CCCCCCNc1cc(-c2cccc3c2OCO3)cc(-c2ccc(OC)cc2O)n1. The molecule has 0 atom stereocenters. The van der Waals surface area contributed by atoms with Crippen LogP contribution >= 0.6 is 0 Å². The van der Waals surface area contributed by atoms with Crippen molar-refractivity contribution in [2.45, 2.75) is 32.6 Å². The quantitative estimate of drug-likeness (QED) is 0.423. The van der Waals surface area contributed by atoms with Crippen molar-refractivity contribution in [3.05, 3.63) is 48.5 Å². The standard InChI is InChI=1S/C25H28N2O4/c1-3-4-5-6-12-26-24-14-17(19-8-7-9-23-25(19)31-16-30-23)13-21(27-24)20-11-10-18(29-2)15-22(20)28/h7-11,13-15,28H,3-6,12,16H2,1-2H3,(H,26,27). The molecule has 1 aliphatic heterocycles. The molecule has 1 aliphatic rings. The van der Waals surface area contributed by atoms with Crippen LogP contribution in [0.15, 0.2) is 48.5 Å². The van der Waals surface area contributed by atoms with E-state index in [2.05, 4.69) is 12.2 Å². The van der Waals surface area contributed by atoms with Crippen LogP contribution in [-0.2, 0) is 0 Å². The summed E-state index contributed by atoms with van der Waals surface area (Å²) in [5.74, 6) is 2.94. The highest BCUT2D eigenvalue weighted by molar-refractivity contribution is 5.81. The number of nitrogens with zero attached hydrogens (tertiary/aromatic N) is 1. The normalized spacial score (nSPS) is 12.1. The summed E-state index contributed by atoms with van der Waals surface area (Å²) in [4.78, 5) is 4.77. The number of para-hydroxylation sites is 1. The maximum atomic E-state index is 10.6. The number of anilines is 1. The average Bonchev–Trinajstić information content (AvgIpc) is 3.27. The molecule has 1 aromatic heterocycles. The summed E-state index contributed by atoms with van der Waals surface area (Å²) >= 11 is 0. The number of nitrogens with one attached hydrogen (secondary N) is 1. The van der Waals surface area contributed by atoms with E-state index in [-0.39, 0.29) is 12.5 Å². The summed E-state index contributed by atoms with van der Waals surface area (Å²) in [6, 6.07) is 15.1. The van der Waals surface area contributed by atoms with Gasteiger partial charge < -0.3 is 24.6 Å². The van der Waals surface area contributed by atoms with Gasteiger partial charge in [0, 0.05) is 23.7 Å². The number of phenolic OH excluding ortho intramolecular Hbond substituents is 1. The molecule has 2 heterocycles. The third kappa shape index (κ3) is 4.68. The second-order valence-corrected chi connectivity index (χ2v) is 7.54. The molecule has 4 rings (SSSR count). The summed E-state index contributed by atoms with van der Waals surface area (Å²) in [5.41, 5.74) is 3.19. The van der Waals surface area contributed by atoms with E-state index in [0.29, 0.717) is 17.0 Å². The number of benzene rings is 2. The molecule has 0 fully saturated rings. The molecule has 2 N–H and O–H groups in total. The fraction of sp³-hybridized carbons (Fsp3) is 0.320. The monoisotopic (exact) mass is 420 g/mol. The van der Waals surface area contributed by atoms with Crippen LogP contribution in [0.4, 0.5) is 5.82 Å². The van der Waals surface area contributed by atoms with Gasteiger partial charge >= 0.3 is 0 Å². The van der Waals surface area contributed by atoms with Crippen LogP contribution in [0.3, 0.4) is 0 Å². The summed E-state index contributed by atoms with van der Waals surface area (Å²) in [5, 5.41) is 14.0. The molecule has 0 spiro atoms. The zero-order valence-corrected chi connectivity index (χ0v) is 18.0. The molecule has 162 valence electrons. The van der Waals surface area contributed by atoms with Gasteiger partial charge in [0.15, 0.2) is 11.5 Å². The molecule has 0 amide bonds. The second-order valence-electron chi connectivity index (χ2n) is 7.54. The minimum Gasteiger partial charge on any atom is -0.507 e. The van der Waals surface area contributed by atoms with Gasteiger partial charge in [0.2, 0.25) is 6.79 Å². The Morgan fingerprint density at radius 3 is 2.74 bits per heavy atom. The van der Waals surface area contributed by atoms with Gasteiger partial charge in [-0.3, -0.25) is 0 Å². The van der Waals surface area contributed by atoms with Gasteiger partial charge in [-0.1, -0.05) is 38.3 Å². The molecule has 6 heteroatoms. The minimum absolute atomic E-state index is 0.121. The Balaban J connectivity index is 1.72. The topological polar surface area (TPSA) is 72.8 Å². The lowest BCUT2D eigenvalue weighted by Gasteiger charge is -2.14. The summed E-state index contributed by atoms with van der Waals surface area (Å²) in [6.07, 6.45) is 4.71. The molecular weight excluding hydrogens is 392 g/mol. The Bertz CT molecular complexity index is 1050. The fourth-order valence-corrected chi connectivity index (χ4v) is 3.70. The molecule has 0 radical (unpaired) electrons. The van der Waals surface area contributed by atoms with E-state index in [4.69, 9.17) is 19.2 Å². The number of methoxy groups -OCH3 is 1. The van der Waals surface area contributed by atoms with Gasteiger partial charge in [-0.25, -0.2) is 4.98 Å². The van der Waals surface area contributed by atoms with E-state index in [1.165, 1.54) is 19.3 Å². The number of phenols is 1. The Labute approximate surface area is 182 Å². The van der Waals surface area contributed by atoms with Crippen molar-refractivity contribution in [1.29, 1.82) is 0 Å². The van der Waals surface area contributed by atoms with Gasteiger partial charge in [-0.15, -0.1) is 0 Å². The molecule has 3 aromatic rings. The lowest BCUT2D eigenvalue weighted by Crippen LogP contribution is -2.04. The maximum absolute atomic E-state index is 10.6. The van der Waals surface area contributed by atoms with Crippen LogP contribution < -0.4 is 19.5 Å². The first-order valence-electron chi connectivity index (χ1n) is 10.7. The number of pyridine rings is 1. The van der Waals surface area contributed by atoms with Crippen molar-refractivity contribution in [3.8, 4) is 45.4 Å². The Kier molecular flexibility index (Phi) is 6.46. The highest BCUT2D eigenvalue weighted by Gasteiger charge is 2.20. The summed E-state index contributed by atoms with van der Waals surface area (Å²) in [6.45, 7) is 3.26. The first kappa shape index (κ1) is 20.8. The van der Waals surface area contributed by atoms with E-state index in [1.54, 1.807) is 13.2 Å². The van der Waals surface area contributed by atoms with E-state index in [0.717, 1.165) is 41.4 Å². The van der Waals surface area contributed by atoms with Gasteiger partial charge in [-0.2, -0.15) is 0 Å². The lowest BCUT2D eigenvalue weighted by atomic mass is 10.0. The van der Waals surface area contributed by atoms with Crippen molar-refractivity contribution in [3.63, 3.8) is 0 Å². The second kappa shape index (κ2) is 9.60. The van der Waals surface area contributed by atoms with Crippen molar-refractivity contribution in [2.24, 2.45) is 0 Å². The Hall–Kier alpha value is -3.41. The molecule has 0 aliphatic carbocycles. The largest absolute Gasteiger partial charge is 0.507 e. The highest BCUT2D eigenvalue weighted by atomic mass is 16.7. The van der Waals surface area contributed by atoms with Gasteiger partial charge in [0.25, 0.3) is 0 Å². The third-order valence-electron chi connectivity index (χ3n) is 5.35. The summed E-state index contributed by atoms with van der Waals surface area (Å²) in [7, 11) is 1.58. The van der Waals surface area contributed by atoms with Gasteiger partial charge in [0.05, 0.1) is 12.8 Å². The smallest absolute Gasteiger partial charge is 0.231 e. The molecule has 0 saturated heterocycles. The zero-order chi connectivity index (χ0) is 21.6. The van der Waals surface area contributed by atoms with Crippen molar-refractivity contribution < 1.29 is 19.3 Å². The molecule has 0 saturated carbocycles. The van der Waals surface area contributed by atoms with Crippen LogP contribution in [0.25, 0.3) is 22.4 Å². The van der Waals surface area contributed by atoms with E-state index in [1.807, 2.05) is 42.5 Å². The predicted octanol–water partition coefficient (Wildman–Crippen LogP) is 5.85. The molecule has 31 heavy (non-hydrogen) atoms. The van der Waals surface area contributed by atoms with Crippen LogP contribution in [0.1, 0.15) is 32.6 Å². The Morgan fingerprint density at radius 1 is 1.03 bits per heavy atom. The summed E-state index contributed by atoms with van der Waals surface area (Å²) < 4.78 is 16.5. The van der Waals surface area contributed by atoms with Crippen molar-refractivity contribution in [1.82, 2.24) is 4.98 Å². The van der Waals surface area contributed by atoms with Crippen molar-refractivity contribution in [2.75, 3.05) is 25.8 Å². The first-order valence-corrected chi connectivity index (χ1v) is 10.7. The molecule has 6 nitrogen and oxygen atoms in total. The van der Waals surface area contributed by atoms with E-state index in [9.17, 15) is 5.11 Å². The lowest BCUT2D eigenvalue weighted by molar-refractivity contribution is 0.174. The van der Waals surface area contributed by atoms with Crippen LogP contribution in [0, 0.1) is 0 Å². The van der Waals surface area contributed by atoms with Gasteiger partial charge in [-0.05, 0) is 42.3 Å². The van der Waals surface area contributed by atoms with Crippen LogP contribution in [0.2, 0.25) is 0 Å². The highest BCUT2D eigenvalue weighted by Crippen LogP contribution is 2.43. The predicted molar refractivity (Wildman–Crippen MR) is 122 cm³/mol. The van der Waals surface area contributed by atoms with Crippen molar-refractivity contribution >= 4 is 5.82 Å². The molecular formula is C25H28N2O4. The minimum atomic E-state index is 0.121. The number of ether oxygens (including phenoxy) is 3. The number of rotatable bonds is 9. The third-order valence-corrected chi connectivity index (χ3v) is 5.35. The van der Waals surface area contributed by atoms with E-state index >= 15 is 0 Å². The van der Waals surface area contributed by atoms with Crippen LogP contribution in [0.5, 0.6) is 23.0 Å². The zero-order valence-electron chi connectivity index (χ0n) is 18.0. The maximum Gasteiger partial charge on any atom is 0.231 e. The Morgan fingerprint density at radius 2 is 1.94 bits per heavy atom. The average molecular weight is 421 g/mol. The first-order chi connectivity index (χ1) is 15.2. The van der Waals surface area contributed by atoms with Gasteiger partial charge in [0.1, 0.15) is 17.3 Å². The number of hydrogen-bond donors (Lipinski definition) is 2. The molecule has 2 aromatic carbocycles. The molecule has 0 bridgehead atoms. The van der Waals surface area contributed by atoms with E-state index < -0.39 is 0 Å². The number of aromatic nitrogens is 1. The number of fused-ring (bicyclic) bond motifs is 1. The fourth-order valence-electron chi connectivity index (χ4n) is 3.70. The molecule has 0 unspecified atom stereocenters.